The number of carbonyl (C=O) groups excluding carboxylic acids is 1. The zero-order valence-electron chi connectivity index (χ0n) is 12.2. The van der Waals surface area contributed by atoms with E-state index in [-0.39, 0.29) is 16.5 Å². The maximum atomic E-state index is 13.9. The van der Waals surface area contributed by atoms with Crippen LogP contribution in [-0.2, 0) is 4.79 Å². The third-order valence-electron chi connectivity index (χ3n) is 5.65. The van der Waals surface area contributed by atoms with Crippen molar-refractivity contribution in [3.63, 3.8) is 0 Å². The van der Waals surface area contributed by atoms with E-state index in [1.807, 2.05) is 0 Å². The van der Waals surface area contributed by atoms with E-state index in [0.29, 0.717) is 16.9 Å². The number of benzene rings is 1. The van der Waals surface area contributed by atoms with E-state index in [2.05, 4.69) is 5.32 Å². The molecule has 2 nitrogen and oxygen atoms in total. The quantitative estimate of drug-likeness (QED) is 0.754. The molecule has 0 saturated heterocycles. The predicted octanol–water partition coefficient (Wildman–Crippen LogP) is 5.00. The molecule has 22 heavy (non-hydrogen) atoms. The molecule has 4 atom stereocenters. The van der Waals surface area contributed by atoms with Crippen LogP contribution in [0.4, 0.5) is 10.1 Å². The Hall–Kier alpha value is -0.800. The molecular weight excluding hydrogens is 324 g/mol. The second-order valence-corrected chi connectivity index (χ2v) is 8.71. The molecule has 118 valence electrons. The van der Waals surface area contributed by atoms with Gasteiger partial charge in [0.1, 0.15) is 5.82 Å². The smallest absolute Gasteiger partial charge is 0.230 e. The number of hydrogen-bond acceptors (Lipinski definition) is 1. The van der Waals surface area contributed by atoms with E-state index >= 15 is 0 Å². The van der Waals surface area contributed by atoms with E-state index in [4.69, 9.17) is 23.2 Å². The monoisotopic (exact) mass is 341 g/mol. The Morgan fingerprint density at radius 1 is 1.23 bits per heavy atom. The van der Waals surface area contributed by atoms with Crippen molar-refractivity contribution >= 4 is 34.8 Å². The van der Waals surface area contributed by atoms with Crippen LogP contribution in [0.3, 0.4) is 0 Å². The van der Waals surface area contributed by atoms with Gasteiger partial charge in [-0.25, -0.2) is 4.39 Å². The van der Waals surface area contributed by atoms with Gasteiger partial charge in [0.2, 0.25) is 5.91 Å². The lowest BCUT2D eigenvalue weighted by Gasteiger charge is -2.59. The molecule has 4 fully saturated rings. The van der Waals surface area contributed by atoms with Gasteiger partial charge in [-0.05, 0) is 68.6 Å². The highest BCUT2D eigenvalue weighted by Gasteiger charge is 2.60. The molecule has 0 aliphatic heterocycles. The van der Waals surface area contributed by atoms with Crippen LogP contribution in [0.1, 0.15) is 38.5 Å². The molecular formula is C17H18Cl2FNO. The van der Waals surface area contributed by atoms with Gasteiger partial charge in [-0.15, -0.1) is 11.6 Å². The largest absolute Gasteiger partial charge is 0.323 e. The standard InChI is InChI=1S/C17H18Cl2FNO/c18-12-1-2-14(13(20)4-12)21-15(22)16-5-10-3-11(6-16)8-17(19,7-10)9-16/h1-2,4,10-11H,3,5-9H2,(H,21,22)/t10-,11+,16?,17?. The van der Waals surface area contributed by atoms with Crippen molar-refractivity contribution in [1.29, 1.82) is 0 Å². The van der Waals surface area contributed by atoms with Gasteiger partial charge in [-0.3, -0.25) is 4.79 Å². The van der Waals surface area contributed by atoms with Crippen molar-refractivity contribution < 1.29 is 9.18 Å². The minimum atomic E-state index is -0.494. The fourth-order valence-corrected chi connectivity index (χ4v) is 6.11. The molecule has 1 N–H and O–H groups in total. The summed E-state index contributed by atoms with van der Waals surface area (Å²) in [4.78, 5) is 12.7. The van der Waals surface area contributed by atoms with E-state index in [1.165, 1.54) is 18.6 Å². The second-order valence-electron chi connectivity index (χ2n) is 7.47. The van der Waals surface area contributed by atoms with Crippen LogP contribution in [-0.4, -0.2) is 10.8 Å². The molecule has 4 aliphatic carbocycles. The summed E-state index contributed by atoms with van der Waals surface area (Å²) in [6.45, 7) is 0. The highest BCUT2D eigenvalue weighted by atomic mass is 35.5. The average molecular weight is 342 g/mol. The van der Waals surface area contributed by atoms with Crippen molar-refractivity contribution in [2.75, 3.05) is 5.32 Å². The van der Waals surface area contributed by atoms with Gasteiger partial charge >= 0.3 is 0 Å². The molecule has 4 saturated carbocycles. The summed E-state index contributed by atoms with van der Waals surface area (Å²) in [7, 11) is 0. The first kappa shape index (κ1) is 14.8. The lowest BCUT2D eigenvalue weighted by molar-refractivity contribution is -0.138. The Morgan fingerprint density at radius 2 is 1.91 bits per heavy atom. The molecule has 0 radical (unpaired) electrons. The molecule has 1 amide bonds. The number of amides is 1. The zero-order chi connectivity index (χ0) is 15.5. The van der Waals surface area contributed by atoms with E-state index < -0.39 is 11.2 Å². The summed E-state index contributed by atoms with van der Waals surface area (Å²) in [5, 5.41) is 3.10. The summed E-state index contributed by atoms with van der Waals surface area (Å²) in [5.41, 5.74) is -0.216. The lowest BCUT2D eigenvalue weighted by Crippen LogP contribution is -2.57. The molecule has 0 heterocycles. The van der Waals surface area contributed by atoms with Gasteiger partial charge in [0, 0.05) is 9.90 Å². The summed E-state index contributed by atoms with van der Waals surface area (Å²) in [6, 6.07) is 4.33. The third kappa shape index (κ3) is 2.33. The van der Waals surface area contributed by atoms with Crippen LogP contribution in [0.25, 0.3) is 0 Å². The van der Waals surface area contributed by atoms with Crippen LogP contribution in [0.2, 0.25) is 5.02 Å². The van der Waals surface area contributed by atoms with Gasteiger partial charge in [-0.2, -0.15) is 0 Å². The van der Waals surface area contributed by atoms with Crippen molar-refractivity contribution in [2.45, 2.75) is 43.4 Å². The molecule has 0 aromatic heterocycles. The molecule has 1 aromatic carbocycles. The third-order valence-corrected chi connectivity index (χ3v) is 6.33. The van der Waals surface area contributed by atoms with Gasteiger partial charge in [0.05, 0.1) is 11.1 Å². The van der Waals surface area contributed by atoms with E-state index in [1.54, 1.807) is 6.07 Å². The number of hydrogen-bond donors (Lipinski definition) is 1. The zero-order valence-corrected chi connectivity index (χ0v) is 13.7. The highest BCUT2D eigenvalue weighted by Crippen LogP contribution is 2.64. The summed E-state index contributed by atoms with van der Waals surface area (Å²) in [5.74, 6) is 0.512. The maximum Gasteiger partial charge on any atom is 0.230 e. The Labute approximate surface area is 139 Å². The first-order chi connectivity index (χ1) is 10.4. The molecule has 1 aromatic rings. The molecule has 5 rings (SSSR count). The van der Waals surface area contributed by atoms with Crippen molar-refractivity contribution in [3.8, 4) is 0 Å². The summed E-state index contributed by atoms with van der Waals surface area (Å²) >= 11 is 12.5. The topological polar surface area (TPSA) is 29.1 Å². The van der Waals surface area contributed by atoms with E-state index in [0.717, 1.165) is 32.1 Å². The number of alkyl halides is 1. The summed E-state index contributed by atoms with van der Waals surface area (Å²) in [6.07, 6.45) is 5.73. The van der Waals surface area contributed by atoms with Gasteiger partial charge in [0.25, 0.3) is 0 Å². The molecule has 0 spiro atoms. The first-order valence-electron chi connectivity index (χ1n) is 7.83. The maximum absolute atomic E-state index is 13.9. The van der Waals surface area contributed by atoms with Gasteiger partial charge < -0.3 is 5.32 Å². The lowest BCUT2D eigenvalue weighted by atomic mass is 9.49. The Bertz CT molecular complexity index is 634. The van der Waals surface area contributed by atoms with Crippen LogP contribution in [0.5, 0.6) is 0 Å². The van der Waals surface area contributed by atoms with Crippen LogP contribution in [0, 0.1) is 23.1 Å². The van der Waals surface area contributed by atoms with Crippen molar-refractivity contribution in [2.24, 2.45) is 17.3 Å². The fourth-order valence-electron chi connectivity index (χ4n) is 5.26. The number of halogens is 3. The first-order valence-corrected chi connectivity index (χ1v) is 8.59. The molecule has 2 unspecified atom stereocenters. The number of anilines is 1. The Balaban J connectivity index is 1.60. The molecule has 5 heteroatoms. The highest BCUT2D eigenvalue weighted by molar-refractivity contribution is 6.30. The van der Waals surface area contributed by atoms with Crippen LogP contribution in [0.15, 0.2) is 18.2 Å². The van der Waals surface area contributed by atoms with E-state index in [9.17, 15) is 9.18 Å². The van der Waals surface area contributed by atoms with Crippen molar-refractivity contribution in [1.82, 2.24) is 0 Å². The second kappa shape index (κ2) is 4.85. The van der Waals surface area contributed by atoms with Gasteiger partial charge in [0.15, 0.2) is 0 Å². The predicted molar refractivity (Wildman–Crippen MR) is 85.7 cm³/mol. The minimum Gasteiger partial charge on any atom is -0.323 e. The molecule has 4 bridgehead atoms. The fraction of sp³-hybridized carbons (Fsp3) is 0.588. The Kier molecular flexibility index (Phi) is 3.25. The average Bonchev–Trinajstić information content (AvgIpc) is 2.39. The number of nitrogens with one attached hydrogen (secondary N) is 1. The summed E-state index contributed by atoms with van der Waals surface area (Å²) < 4.78 is 13.9. The van der Waals surface area contributed by atoms with Gasteiger partial charge in [-0.1, -0.05) is 11.6 Å². The Morgan fingerprint density at radius 3 is 2.50 bits per heavy atom. The van der Waals surface area contributed by atoms with Crippen LogP contribution >= 0.6 is 23.2 Å². The van der Waals surface area contributed by atoms with Crippen LogP contribution < -0.4 is 5.32 Å². The molecule has 4 aliphatic rings. The SMILES string of the molecule is O=C(Nc1ccc(Cl)cc1F)C12C[C@@H]3C[C@@H](CC(Cl)(C3)C1)C2. The normalized spacial score (nSPS) is 39.0. The number of carbonyl (C=O) groups is 1. The minimum absolute atomic E-state index is 0.0761. The van der Waals surface area contributed by atoms with Crippen molar-refractivity contribution in [3.05, 3.63) is 29.0 Å². The number of rotatable bonds is 2.